The molecule has 0 saturated heterocycles. The Morgan fingerprint density at radius 1 is 0.931 bits per heavy atom. The summed E-state index contributed by atoms with van der Waals surface area (Å²) in [6, 6.07) is 10.3. The van der Waals surface area contributed by atoms with Gasteiger partial charge in [-0.15, -0.1) is 0 Å². The highest BCUT2D eigenvalue weighted by molar-refractivity contribution is 7.67. The Labute approximate surface area is 172 Å². The standard InChI is InChI=1S/C21H30NO6P/c1-14(2)28-29(24,17-10-8-16(9-11-17)22(3)4)21(23)15-12-18(25-5)20(27-7)19(13-15)26-6/h8-14,21,23H,1-7H3/t21-,29+/m0/s1. The molecule has 0 spiro atoms. The zero-order valence-electron chi connectivity index (χ0n) is 18.0. The van der Waals surface area contributed by atoms with E-state index in [1.165, 1.54) is 21.3 Å². The Kier molecular flexibility index (Phi) is 7.58. The zero-order valence-corrected chi connectivity index (χ0v) is 18.9. The number of rotatable bonds is 9. The number of aliphatic hydroxyl groups is 1. The lowest BCUT2D eigenvalue weighted by Crippen LogP contribution is -2.18. The van der Waals surface area contributed by atoms with Crippen LogP contribution in [-0.4, -0.2) is 46.6 Å². The number of benzene rings is 2. The molecule has 0 aliphatic heterocycles. The number of methoxy groups -OCH3 is 3. The normalized spacial score (nSPS) is 14.2. The summed E-state index contributed by atoms with van der Waals surface area (Å²) in [4.78, 5) is 1.94. The van der Waals surface area contributed by atoms with E-state index in [1.807, 2.05) is 31.1 Å². The topological polar surface area (TPSA) is 77.5 Å². The average Bonchev–Trinajstić information content (AvgIpc) is 2.71. The molecule has 0 aliphatic rings. The minimum atomic E-state index is -3.69. The van der Waals surface area contributed by atoms with Crippen LogP contribution in [0.2, 0.25) is 0 Å². The predicted octanol–water partition coefficient (Wildman–Crippen LogP) is 3.80. The fourth-order valence-electron chi connectivity index (χ4n) is 2.98. The first-order chi connectivity index (χ1) is 13.7. The molecule has 0 saturated carbocycles. The summed E-state index contributed by atoms with van der Waals surface area (Å²) in [6.07, 6.45) is -0.356. The van der Waals surface area contributed by atoms with Crippen LogP contribution in [0.4, 0.5) is 5.69 Å². The van der Waals surface area contributed by atoms with Gasteiger partial charge in [0, 0.05) is 25.1 Å². The summed E-state index contributed by atoms with van der Waals surface area (Å²) in [5, 5.41) is 11.6. The fraction of sp³-hybridized carbons (Fsp3) is 0.429. The number of ether oxygens (including phenoxy) is 3. The second-order valence-electron chi connectivity index (χ2n) is 6.99. The molecule has 8 heteroatoms. The Hall–Kier alpha value is -2.21. The fourth-order valence-corrected chi connectivity index (χ4v) is 5.23. The number of anilines is 1. The molecule has 0 fully saturated rings. The van der Waals surface area contributed by atoms with Crippen LogP contribution in [0, 0.1) is 0 Å². The molecule has 2 aromatic rings. The van der Waals surface area contributed by atoms with Crippen LogP contribution in [0.5, 0.6) is 17.2 Å². The third-order valence-electron chi connectivity index (χ3n) is 4.40. The van der Waals surface area contributed by atoms with Crippen LogP contribution in [0.1, 0.15) is 25.3 Å². The predicted molar refractivity (Wildman–Crippen MR) is 115 cm³/mol. The molecular weight excluding hydrogens is 393 g/mol. The van der Waals surface area contributed by atoms with Crippen molar-refractivity contribution in [3.05, 3.63) is 42.0 Å². The van der Waals surface area contributed by atoms with E-state index in [-0.39, 0.29) is 6.10 Å². The highest BCUT2D eigenvalue weighted by atomic mass is 31.2. The van der Waals surface area contributed by atoms with Gasteiger partial charge < -0.3 is 28.7 Å². The molecule has 0 aliphatic carbocycles. The molecule has 0 unspecified atom stereocenters. The highest BCUT2D eigenvalue weighted by Gasteiger charge is 2.38. The Morgan fingerprint density at radius 3 is 1.83 bits per heavy atom. The first-order valence-electron chi connectivity index (χ1n) is 9.22. The van der Waals surface area contributed by atoms with E-state index in [1.54, 1.807) is 38.1 Å². The molecule has 1 N–H and O–H groups in total. The molecule has 0 radical (unpaired) electrons. The smallest absolute Gasteiger partial charge is 0.264 e. The van der Waals surface area contributed by atoms with Gasteiger partial charge in [0.05, 0.1) is 27.4 Å². The summed E-state index contributed by atoms with van der Waals surface area (Å²) in [6.45, 7) is 3.56. The van der Waals surface area contributed by atoms with E-state index >= 15 is 0 Å². The number of aliphatic hydroxyl groups excluding tert-OH is 1. The monoisotopic (exact) mass is 423 g/mol. The van der Waals surface area contributed by atoms with Crippen molar-refractivity contribution in [2.24, 2.45) is 0 Å². The van der Waals surface area contributed by atoms with Crippen molar-refractivity contribution in [3.8, 4) is 17.2 Å². The molecular formula is C21H30NO6P. The van der Waals surface area contributed by atoms with Crippen molar-refractivity contribution in [2.75, 3.05) is 40.3 Å². The third-order valence-corrected chi connectivity index (χ3v) is 7.10. The van der Waals surface area contributed by atoms with Gasteiger partial charge >= 0.3 is 0 Å². The molecule has 2 rings (SSSR count). The maximum atomic E-state index is 14.0. The van der Waals surface area contributed by atoms with E-state index in [4.69, 9.17) is 18.7 Å². The molecule has 2 atom stereocenters. The summed E-state index contributed by atoms with van der Waals surface area (Å²) in [5.41, 5.74) is 1.30. The molecule has 0 aromatic heterocycles. The second-order valence-corrected chi connectivity index (χ2v) is 9.40. The minimum absolute atomic E-state index is 0.347. The van der Waals surface area contributed by atoms with Crippen LogP contribution in [-0.2, 0) is 9.09 Å². The van der Waals surface area contributed by atoms with E-state index in [2.05, 4.69) is 0 Å². The van der Waals surface area contributed by atoms with Gasteiger partial charge in [-0.1, -0.05) is 0 Å². The van der Waals surface area contributed by atoms with E-state index in [9.17, 15) is 9.67 Å². The molecule has 160 valence electrons. The number of hydrogen-bond donors (Lipinski definition) is 1. The Morgan fingerprint density at radius 2 is 1.45 bits per heavy atom. The van der Waals surface area contributed by atoms with Crippen molar-refractivity contribution in [2.45, 2.75) is 25.8 Å². The van der Waals surface area contributed by atoms with Gasteiger partial charge in [0.25, 0.3) is 7.37 Å². The molecule has 7 nitrogen and oxygen atoms in total. The average molecular weight is 423 g/mol. The van der Waals surface area contributed by atoms with Crippen LogP contribution in [0.3, 0.4) is 0 Å². The van der Waals surface area contributed by atoms with E-state index in [0.717, 1.165) is 5.69 Å². The van der Waals surface area contributed by atoms with E-state index < -0.39 is 13.2 Å². The first-order valence-corrected chi connectivity index (χ1v) is 10.9. The van der Waals surface area contributed by atoms with Gasteiger partial charge in [-0.2, -0.15) is 0 Å². The summed E-state index contributed by atoms with van der Waals surface area (Å²) < 4.78 is 35.8. The van der Waals surface area contributed by atoms with Crippen LogP contribution in [0.15, 0.2) is 36.4 Å². The van der Waals surface area contributed by atoms with Gasteiger partial charge in [0.15, 0.2) is 17.3 Å². The van der Waals surface area contributed by atoms with E-state index in [0.29, 0.717) is 28.1 Å². The van der Waals surface area contributed by atoms with Gasteiger partial charge in [-0.3, -0.25) is 4.57 Å². The van der Waals surface area contributed by atoms with Gasteiger partial charge in [-0.25, -0.2) is 0 Å². The van der Waals surface area contributed by atoms with Gasteiger partial charge in [-0.05, 0) is 55.8 Å². The van der Waals surface area contributed by atoms with Crippen molar-refractivity contribution in [1.29, 1.82) is 0 Å². The maximum Gasteiger partial charge on any atom is 0.264 e. The lowest BCUT2D eigenvalue weighted by molar-refractivity contribution is 0.188. The summed E-state index contributed by atoms with van der Waals surface area (Å²) in [5.74, 6) is -0.301. The van der Waals surface area contributed by atoms with Crippen molar-refractivity contribution in [3.63, 3.8) is 0 Å². The largest absolute Gasteiger partial charge is 0.493 e. The Bertz CT molecular complexity index is 841. The van der Waals surface area contributed by atoms with Crippen LogP contribution < -0.4 is 24.4 Å². The van der Waals surface area contributed by atoms with Gasteiger partial charge in [0.2, 0.25) is 5.75 Å². The van der Waals surface area contributed by atoms with Crippen LogP contribution in [0.25, 0.3) is 0 Å². The molecule has 0 heterocycles. The molecule has 29 heavy (non-hydrogen) atoms. The highest BCUT2D eigenvalue weighted by Crippen LogP contribution is 2.59. The van der Waals surface area contributed by atoms with Crippen molar-refractivity contribution in [1.82, 2.24) is 0 Å². The van der Waals surface area contributed by atoms with Crippen molar-refractivity contribution < 1.29 is 28.4 Å². The lowest BCUT2D eigenvalue weighted by Gasteiger charge is -2.27. The maximum absolute atomic E-state index is 14.0. The SMILES string of the molecule is COc1cc([C@@H](O)[P@](=O)(OC(C)C)c2ccc(N(C)C)cc2)cc(OC)c1OC. The third kappa shape index (κ3) is 4.86. The Balaban J connectivity index is 2.59. The lowest BCUT2D eigenvalue weighted by atomic mass is 10.2. The second kappa shape index (κ2) is 9.53. The first kappa shape index (κ1) is 23.1. The van der Waals surface area contributed by atoms with Crippen LogP contribution >= 0.6 is 7.37 Å². The molecule has 2 aromatic carbocycles. The van der Waals surface area contributed by atoms with Crippen molar-refractivity contribution >= 4 is 18.4 Å². The quantitative estimate of drug-likeness (QED) is 0.615. The van der Waals surface area contributed by atoms with Gasteiger partial charge in [0.1, 0.15) is 0 Å². The summed E-state index contributed by atoms with van der Waals surface area (Å²) in [7, 11) is 4.61. The summed E-state index contributed by atoms with van der Waals surface area (Å²) >= 11 is 0. The number of nitrogens with zero attached hydrogens (tertiary/aromatic N) is 1. The zero-order chi connectivity index (χ0) is 21.8. The molecule has 0 bridgehead atoms. The molecule has 0 amide bonds. The minimum Gasteiger partial charge on any atom is -0.493 e. The number of hydrogen-bond acceptors (Lipinski definition) is 7.